The first-order valence-electron chi connectivity index (χ1n) is 10.5. The molecule has 5 heteroatoms. The van der Waals surface area contributed by atoms with E-state index in [1.165, 1.54) is 0 Å². The van der Waals surface area contributed by atoms with E-state index in [0.717, 1.165) is 74.4 Å². The highest BCUT2D eigenvalue weighted by Gasteiger charge is 2.32. The van der Waals surface area contributed by atoms with Crippen LogP contribution in [0.1, 0.15) is 55.4 Å². The average molecular weight is 365 g/mol. The normalized spacial score (nSPS) is 10.9. The topological polar surface area (TPSA) is 29.6 Å². The zero-order valence-electron chi connectivity index (χ0n) is 18.4. The minimum Gasteiger partial charge on any atom is -0.367 e. The Kier molecular flexibility index (Phi) is 9.03. The highest BCUT2D eigenvalue weighted by Crippen LogP contribution is 2.21. The van der Waals surface area contributed by atoms with Crippen LogP contribution in [-0.4, -0.2) is 52.4 Å². The third kappa shape index (κ3) is 4.02. The molecule has 0 aliphatic rings. The highest BCUT2D eigenvalue weighted by molar-refractivity contribution is 5.72. The second-order valence-electron chi connectivity index (χ2n) is 6.41. The fraction of sp³-hybridized carbons (Fsp3) is 0.762. The molecule has 1 rings (SSSR count). The van der Waals surface area contributed by atoms with E-state index in [0.29, 0.717) is 0 Å². The van der Waals surface area contributed by atoms with Gasteiger partial charge in [0.2, 0.25) is 0 Å². The van der Waals surface area contributed by atoms with Gasteiger partial charge in [-0.1, -0.05) is 0 Å². The monoisotopic (exact) mass is 364 g/mol. The van der Waals surface area contributed by atoms with Crippen molar-refractivity contribution in [2.45, 2.75) is 55.4 Å². The Balaban J connectivity index is 4.33. The van der Waals surface area contributed by atoms with Gasteiger partial charge in [-0.05, 0) is 55.4 Å². The molecule has 148 valence electrons. The van der Waals surface area contributed by atoms with Gasteiger partial charge in [0.1, 0.15) is 37.6 Å². The lowest BCUT2D eigenvalue weighted by atomic mass is 10.3. The molecule has 0 radical (unpaired) electrons. The molecule has 0 unspecified atom stereocenters. The maximum Gasteiger partial charge on any atom is 0.323 e. The van der Waals surface area contributed by atoms with Crippen molar-refractivity contribution in [1.82, 2.24) is 9.15 Å². The molecule has 0 bridgehead atoms. The minimum atomic E-state index is 0.196. The third-order valence-corrected chi connectivity index (χ3v) is 5.42. The van der Waals surface area contributed by atoms with Gasteiger partial charge in [0.15, 0.2) is 0 Å². The van der Waals surface area contributed by atoms with E-state index in [2.05, 4.69) is 74.3 Å². The molecule has 0 amide bonds. The molecule has 0 N–H and O–H groups in total. The summed E-state index contributed by atoms with van der Waals surface area (Å²) in [6.45, 7) is 24.2. The predicted molar refractivity (Wildman–Crippen MR) is 115 cm³/mol. The number of nitrogens with zero attached hydrogens (tertiary/aromatic N) is 4. The maximum absolute atomic E-state index is 13.7. The van der Waals surface area contributed by atoms with Crippen LogP contribution in [0.4, 0.5) is 11.4 Å². The second-order valence-corrected chi connectivity index (χ2v) is 6.41. The van der Waals surface area contributed by atoms with Gasteiger partial charge in [0.25, 0.3) is 5.43 Å². The van der Waals surface area contributed by atoms with Gasteiger partial charge in [-0.3, -0.25) is 4.79 Å². The summed E-state index contributed by atoms with van der Waals surface area (Å²) in [6, 6.07) is 0. The van der Waals surface area contributed by atoms with Gasteiger partial charge in [0.05, 0.1) is 0 Å². The SMILES string of the molecule is CCN(CC)c1c(N(CC)CC)c(=[N+](CC)CC)c(=[N+](CC)CC)c1=O. The first-order valence-corrected chi connectivity index (χ1v) is 10.5. The van der Waals surface area contributed by atoms with Crippen LogP contribution in [-0.2, 0) is 0 Å². The third-order valence-electron chi connectivity index (χ3n) is 5.42. The van der Waals surface area contributed by atoms with E-state index in [1.807, 2.05) is 0 Å². The van der Waals surface area contributed by atoms with Crippen LogP contribution in [0.2, 0.25) is 0 Å². The van der Waals surface area contributed by atoms with Gasteiger partial charge in [-0.15, -0.1) is 0 Å². The quantitative estimate of drug-likeness (QED) is 0.585. The number of anilines is 2. The van der Waals surface area contributed by atoms with Crippen LogP contribution in [0, 0.1) is 0 Å². The Morgan fingerprint density at radius 2 is 0.923 bits per heavy atom. The van der Waals surface area contributed by atoms with Gasteiger partial charge in [-0.25, -0.2) is 9.15 Å². The summed E-state index contributed by atoms with van der Waals surface area (Å²) in [4.78, 5) is 18.3. The summed E-state index contributed by atoms with van der Waals surface area (Å²) in [7, 11) is 0. The molecule has 0 spiro atoms. The molecule has 0 saturated carbocycles. The van der Waals surface area contributed by atoms with E-state index in [9.17, 15) is 4.79 Å². The molecular formula is C21H40N4O+2. The summed E-state index contributed by atoms with van der Waals surface area (Å²) < 4.78 is 4.59. The van der Waals surface area contributed by atoms with E-state index in [-0.39, 0.29) is 5.43 Å². The van der Waals surface area contributed by atoms with Crippen molar-refractivity contribution in [3.8, 4) is 0 Å². The van der Waals surface area contributed by atoms with Crippen molar-refractivity contribution in [3.05, 3.63) is 20.9 Å². The molecule has 0 aliphatic carbocycles. The zero-order valence-corrected chi connectivity index (χ0v) is 18.4. The van der Waals surface area contributed by atoms with E-state index < -0.39 is 0 Å². The van der Waals surface area contributed by atoms with Crippen LogP contribution in [0.5, 0.6) is 0 Å². The minimum absolute atomic E-state index is 0.196. The highest BCUT2D eigenvalue weighted by atomic mass is 16.1. The lowest BCUT2D eigenvalue weighted by Gasteiger charge is -2.25. The van der Waals surface area contributed by atoms with Gasteiger partial charge < -0.3 is 9.80 Å². The Labute approximate surface area is 159 Å². The van der Waals surface area contributed by atoms with Crippen LogP contribution in [0.25, 0.3) is 0 Å². The molecule has 26 heavy (non-hydrogen) atoms. The largest absolute Gasteiger partial charge is 0.367 e. The first-order chi connectivity index (χ1) is 12.5. The summed E-state index contributed by atoms with van der Waals surface area (Å²) in [5.74, 6) is 0. The number of rotatable bonds is 10. The van der Waals surface area contributed by atoms with Crippen molar-refractivity contribution in [1.29, 1.82) is 0 Å². The lowest BCUT2D eigenvalue weighted by molar-refractivity contribution is 0.582. The average Bonchev–Trinajstić information content (AvgIpc) is 2.94. The van der Waals surface area contributed by atoms with Crippen molar-refractivity contribution in [3.63, 3.8) is 0 Å². The van der Waals surface area contributed by atoms with Crippen molar-refractivity contribution in [2.75, 3.05) is 62.2 Å². The predicted octanol–water partition coefficient (Wildman–Crippen LogP) is 1.24. The van der Waals surface area contributed by atoms with Crippen LogP contribution in [0.15, 0.2) is 4.79 Å². The van der Waals surface area contributed by atoms with Gasteiger partial charge in [0, 0.05) is 26.2 Å². The molecule has 0 saturated heterocycles. The Bertz CT molecular complexity index is 721. The summed E-state index contributed by atoms with van der Waals surface area (Å²) in [5, 5.41) is 2.02. The van der Waals surface area contributed by atoms with Gasteiger partial charge in [-0.2, -0.15) is 0 Å². The summed E-state index contributed by atoms with van der Waals surface area (Å²) in [5.41, 5.74) is 2.22. The summed E-state index contributed by atoms with van der Waals surface area (Å²) in [6.07, 6.45) is 0. The number of hydrogen-bond acceptors (Lipinski definition) is 3. The van der Waals surface area contributed by atoms with Crippen molar-refractivity contribution < 1.29 is 0 Å². The lowest BCUT2D eigenvalue weighted by Crippen LogP contribution is -2.52. The molecule has 1 aromatic carbocycles. The van der Waals surface area contributed by atoms with Crippen LogP contribution >= 0.6 is 0 Å². The van der Waals surface area contributed by atoms with Crippen LogP contribution < -0.4 is 35.1 Å². The van der Waals surface area contributed by atoms with E-state index in [4.69, 9.17) is 0 Å². The smallest absolute Gasteiger partial charge is 0.323 e. The zero-order chi connectivity index (χ0) is 19.9. The number of hydrogen-bond donors (Lipinski definition) is 0. The Morgan fingerprint density at radius 1 is 0.577 bits per heavy atom. The molecule has 0 fully saturated rings. The standard InChI is InChI=1S/C21H40N4O/c1-9-22(10-2)17-18(23(11-3)12-4)20(25(15-7)16-8)21(26)19(17)24(13-5)14-6/h9-16H2,1-8H3/q+2. The van der Waals surface area contributed by atoms with Gasteiger partial charge >= 0.3 is 10.7 Å². The van der Waals surface area contributed by atoms with E-state index >= 15 is 0 Å². The molecular weight excluding hydrogens is 324 g/mol. The summed E-state index contributed by atoms with van der Waals surface area (Å²) >= 11 is 0. The first kappa shape index (κ1) is 22.4. The Morgan fingerprint density at radius 3 is 1.27 bits per heavy atom. The van der Waals surface area contributed by atoms with E-state index in [1.54, 1.807) is 0 Å². The maximum atomic E-state index is 13.7. The van der Waals surface area contributed by atoms with Crippen LogP contribution in [0.3, 0.4) is 0 Å². The fourth-order valence-electron chi connectivity index (χ4n) is 3.90. The fourth-order valence-corrected chi connectivity index (χ4v) is 3.90. The molecule has 0 aliphatic heterocycles. The molecule has 0 atom stereocenters. The van der Waals surface area contributed by atoms with Crippen molar-refractivity contribution >= 4 is 11.4 Å². The molecule has 0 aromatic heterocycles. The molecule has 1 aromatic rings. The molecule has 5 nitrogen and oxygen atoms in total. The molecule has 0 heterocycles. The second kappa shape index (κ2) is 10.5. The Hall–Kier alpha value is -1.65. The van der Waals surface area contributed by atoms with Crippen molar-refractivity contribution in [2.24, 2.45) is 0 Å².